The molecule has 9 unspecified atom stereocenters. The summed E-state index contributed by atoms with van der Waals surface area (Å²) < 4.78 is 64.0. The summed E-state index contributed by atoms with van der Waals surface area (Å²) in [5.41, 5.74) is 2.12. The molecule has 141 heavy (non-hydrogen) atoms. The van der Waals surface area contributed by atoms with Gasteiger partial charge in [0, 0.05) is 34.6 Å². The number of halogens is 17. The van der Waals surface area contributed by atoms with E-state index in [1.165, 1.54) is 19.6 Å². The predicted molar refractivity (Wildman–Crippen MR) is 581 cm³/mol. The molecule has 798 valence electrons. The van der Waals surface area contributed by atoms with Gasteiger partial charge >= 0.3 is 36.0 Å². The summed E-state index contributed by atoms with van der Waals surface area (Å²) in [5, 5.41) is -0.381. The van der Waals surface area contributed by atoms with E-state index in [-0.39, 0.29) is 213 Å². The second-order valence-corrected chi connectivity index (χ2v) is 53.5. The maximum absolute atomic E-state index is 12.1. The van der Waals surface area contributed by atoms with E-state index in [0.717, 1.165) is 45.7 Å². The zero-order chi connectivity index (χ0) is 110. The van der Waals surface area contributed by atoms with E-state index in [1.807, 2.05) is 132 Å². The van der Waals surface area contributed by atoms with Gasteiger partial charge in [-0.05, 0) is 270 Å². The second kappa shape index (κ2) is 55.0. The van der Waals surface area contributed by atoms with Crippen LogP contribution in [0.1, 0.15) is 260 Å². The minimum atomic E-state index is -4.51. The van der Waals surface area contributed by atoms with Gasteiger partial charge in [0.2, 0.25) is 0 Å². The Morgan fingerprint density at radius 2 is 0.624 bits per heavy atom. The van der Waals surface area contributed by atoms with Crippen LogP contribution in [0.15, 0.2) is 139 Å². The third-order valence-electron chi connectivity index (χ3n) is 29.5. The van der Waals surface area contributed by atoms with Crippen molar-refractivity contribution in [1.29, 1.82) is 0 Å². The third-order valence-corrected chi connectivity index (χ3v) is 31.8. The molecule has 0 saturated heterocycles. The fourth-order valence-corrected chi connectivity index (χ4v) is 22.3. The third kappa shape index (κ3) is 39.4. The zero-order valence-corrected chi connectivity index (χ0v) is 101. The van der Waals surface area contributed by atoms with Crippen molar-refractivity contribution in [2.24, 2.45) is 173 Å². The summed E-state index contributed by atoms with van der Waals surface area (Å²) in [6.45, 7) is 66.0. The molecular weight excluding hydrogens is 2190 g/mol. The number of hydrogen-bond acceptors (Lipinski definition) is 15. The lowest BCUT2D eigenvalue weighted by molar-refractivity contribution is -0.150. The van der Waals surface area contributed by atoms with Crippen molar-refractivity contribution in [3.8, 4) is 0 Å². The number of alkyl halides is 3. The number of carbonyl (C=O) groups excluding carboxylic acids is 10. The van der Waals surface area contributed by atoms with Crippen molar-refractivity contribution in [1.82, 2.24) is 0 Å². The molecule has 0 heterocycles. The lowest BCUT2D eigenvalue weighted by Crippen LogP contribution is -2.15. The zero-order valence-electron chi connectivity index (χ0n) is 88.4. The molecule has 0 N–H and O–H groups in total. The number of allylic oxidation sites excluding steroid dienone is 14. The minimum absolute atomic E-state index is 0.00199. The van der Waals surface area contributed by atoms with Crippen LogP contribution in [0, 0.1) is 173 Å². The fourth-order valence-electron chi connectivity index (χ4n) is 20.1. The lowest BCUT2D eigenvalue weighted by atomic mass is 10.1. The van der Waals surface area contributed by atoms with Crippen molar-refractivity contribution in [2.75, 3.05) is 20.3 Å². The Morgan fingerprint density at radius 1 is 0.355 bits per heavy atom. The topological polar surface area (TPSA) is 217 Å². The number of rotatable bonds is 29. The predicted octanol–water partition coefficient (Wildman–Crippen LogP) is 33.7. The first-order valence-corrected chi connectivity index (χ1v) is 53.8. The molecule has 0 spiro atoms. The van der Waals surface area contributed by atoms with Gasteiger partial charge in [-0.2, -0.15) is 13.2 Å². The van der Waals surface area contributed by atoms with Crippen LogP contribution in [-0.2, 0) is 78.2 Å². The Labute approximate surface area is 916 Å². The average Bonchev–Trinajstić information content (AvgIpc) is 1.56. The number of methoxy groups -OCH3 is 1. The molecule has 0 radical (unpaired) electrons. The molecule has 10 saturated carbocycles. The van der Waals surface area contributed by atoms with Gasteiger partial charge < -0.3 is 23.7 Å². The first kappa shape index (κ1) is 134. The molecule has 32 heteroatoms. The molecule has 0 aromatic heterocycles. The molecule has 0 bridgehead atoms. The first-order valence-electron chi connectivity index (χ1n) is 47.7. The van der Waals surface area contributed by atoms with E-state index >= 15 is 0 Å². The molecule has 0 aliphatic heterocycles. The van der Waals surface area contributed by atoms with E-state index in [4.69, 9.17) is 158 Å². The number of esters is 5. The molecule has 10 aliphatic carbocycles. The summed E-state index contributed by atoms with van der Waals surface area (Å²) in [6, 6.07) is 9.63. The summed E-state index contributed by atoms with van der Waals surface area (Å²) in [5.74, 6) is 2.14. The van der Waals surface area contributed by atoms with Gasteiger partial charge in [0.05, 0.1) is 59.4 Å². The standard InChI is InChI=1S/C15H16Cl2O2.C14H23ClO2.2C11H16Cl2O2.C11H18O.C10H12ClF3O.C10H16O.C9H12Br2O.C9H12Cl2O2.C9H12Cl2O/c1-15(2)11(8-12(16)17)13(15)14(18)19-9-10-6-4-3-5-7-10;1-5-6-7-8-17-13(16)12-11(9-10(2)15)14(12,3)4;1-6(2)15-10(14)9-7(5-8(12)13)11(9,3)4;1-4-5-15-10(14)9-7(6-8(12)13)11(9,2)3;1-7(2)6-9-10(8(3)12)11(9,4)5;1-5(15)8-6(9(8,2)3)4-7(11)10(12,13)14;1-5-6-8-9(7(2)11)10(8,3)4;1-5(12)8-6(4-7(10)11)9(8,2)3;1-9(2)5(4-6(10)11)7(9)8(12)13-3;1-5(12)8-6(4-7(10)11)9(8,2)3/h3-8,11,13H,9H2,1-2H3;9,11-12H,5-8H2,1-4H3;5-7,9H,1-4H3;6-7,9H,4-5H2,1-3H3;6,9-10H,1-5H3;4,6,8H,1-3H3;5-6,8-9H,1-4H3;4,6,8H,1-3H3;4-5,7H,1-3H3;4,6,8H,1-3H3/b;10-9-;;;;7-4-;6-5+;;;/t11-,13+;11-,12+;2*7-,9+;;;;;5-,7?;6-,8-/m1111....11/s1. The molecule has 10 fully saturated rings. The number of ketones is 5. The van der Waals surface area contributed by atoms with Gasteiger partial charge in [-0.15, -0.1) is 0 Å². The molecule has 10 aliphatic rings. The van der Waals surface area contributed by atoms with E-state index in [2.05, 4.69) is 145 Å². The monoisotopic (exact) mass is 2340 g/mol. The second-order valence-electron chi connectivity index (χ2n) is 44.7. The summed E-state index contributed by atoms with van der Waals surface area (Å²) >= 11 is 73.4. The Bertz CT molecular complexity index is 4700. The summed E-state index contributed by atoms with van der Waals surface area (Å²) in [6.07, 6.45) is 19.5. The Kier molecular flexibility index (Phi) is 52.1. The number of carbonyl (C=O) groups is 10. The minimum Gasteiger partial charge on any atom is -0.469 e. The number of benzene rings is 1. The van der Waals surface area contributed by atoms with E-state index in [1.54, 1.807) is 71.9 Å². The van der Waals surface area contributed by atoms with Crippen molar-refractivity contribution in [3.05, 3.63) is 144 Å². The van der Waals surface area contributed by atoms with E-state index in [9.17, 15) is 61.1 Å². The average molecular weight is 2350 g/mol. The van der Waals surface area contributed by atoms with Crippen molar-refractivity contribution in [3.63, 3.8) is 0 Å². The fraction of sp³-hybridized carbons (Fsp3) is 0.670. The quantitative estimate of drug-likeness (QED) is 0.0315. The Balaban J connectivity index is 0.000000532. The molecule has 1 aromatic rings. The van der Waals surface area contributed by atoms with Crippen molar-refractivity contribution in [2.45, 2.75) is 273 Å². The van der Waals surface area contributed by atoms with Gasteiger partial charge in [-0.1, -0.05) is 377 Å². The van der Waals surface area contributed by atoms with Gasteiger partial charge in [0.15, 0.2) is 0 Å². The maximum Gasteiger partial charge on any atom is 0.426 e. The van der Waals surface area contributed by atoms with Crippen LogP contribution in [0.3, 0.4) is 0 Å². The summed E-state index contributed by atoms with van der Waals surface area (Å²) in [7, 11) is 1.39. The van der Waals surface area contributed by atoms with E-state index in [0.29, 0.717) is 54.9 Å². The normalized spacial score (nSPS) is 28.7. The van der Waals surface area contributed by atoms with E-state index < -0.39 is 22.5 Å². The highest BCUT2D eigenvalue weighted by molar-refractivity contribution is 9.28. The Hall–Kier alpha value is -3.45. The van der Waals surface area contributed by atoms with Crippen LogP contribution in [0.4, 0.5) is 13.2 Å². The first-order chi connectivity index (χ1) is 64.1. The molecule has 0 amide bonds. The highest BCUT2D eigenvalue weighted by atomic mass is 79.9. The molecule has 15 nitrogen and oxygen atoms in total. The van der Waals surface area contributed by atoms with Gasteiger partial charge in [-0.3, -0.25) is 47.9 Å². The van der Waals surface area contributed by atoms with Gasteiger partial charge in [0.1, 0.15) is 63.0 Å². The van der Waals surface area contributed by atoms with Crippen LogP contribution in [0.25, 0.3) is 0 Å². The van der Waals surface area contributed by atoms with Crippen LogP contribution in [0.5, 0.6) is 0 Å². The number of unbranched alkanes of at least 4 members (excludes halogenated alkanes) is 2. The molecule has 1 aromatic carbocycles. The number of ether oxygens (including phenoxy) is 5. The molecule has 11 rings (SSSR count). The van der Waals surface area contributed by atoms with Gasteiger partial charge in [-0.25, -0.2) is 0 Å². The van der Waals surface area contributed by atoms with Crippen LogP contribution in [-0.4, -0.2) is 91.4 Å². The van der Waals surface area contributed by atoms with Crippen molar-refractivity contribution < 1.29 is 84.8 Å². The highest BCUT2D eigenvalue weighted by Crippen LogP contribution is 2.67. The smallest absolute Gasteiger partial charge is 0.426 e. The highest BCUT2D eigenvalue weighted by Gasteiger charge is 2.67. The van der Waals surface area contributed by atoms with Crippen LogP contribution >= 0.6 is 171 Å². The summed E-state index contributed by atoms with van der Waals surface area (Å²) in [4.78, 5) is 114. The number of Topliss-reactive ketones (excluding diaryl/α,β-unsaturated/α-hetero) is 5. The largest absolute Gasteiger partial charge is 0.469 e. The number of hydrogen-bond donors (Lipinski definition) is 0. The Morgan fingerprint density at radius 3 is 0.887 bits per heavy atom. The SMILES string of the molecule is C/C=C/C1C(C(C)=O)C1(C)C.CC(=O)C1C(/C=C(\Cl)C(F)(F)F)C1(C)C.CC(=O)C1C(C=C(Br)Br)C1(C)C.CC(=O)C1C(C=C(C)C)C1(C)C.CC(=O)[C@@H]1[C@@H](C=C(Cl)Cl)C1(C)C.CC(C)OC(=O)[C@@H]1[C@@H](C=C(Cl)Cl)C1(C)C.CC1(C)[C@H](C=C(Cl)Cl)[C@H]1C(=O)OCc1ccccc1.CCCCCOC(=O)[C@@H]1[C@@H](/C=C(/C)Cl)C1(C)C.CCCOC(=O)[C@@H]1[C@@H](C=C(Cl)Cl)C1(C)C.COC(=O)C1[C@@H](C=C(Cl)Cl)C1(C)C. The van der Waals surface area contributed by atoms with Crippen molar-refractivity contribution >= 4 is 230 Å². The van der Waals surface area contributed by atoms with Gasteiger partial charge in [0.25, 0.3) is 0 Å². The molecule has 20 atom stereocenters. The van der Waals surface area contributed by atoms with Crippen LogP contribution in [0.2, 0.25) is 0 Å². The lowest BCUT2D eigenvalue weighted by Gasteiger charge is -2.08. The molecular formula is C109H153Br2Cl12F3O15. The van der Waals surface area contributed by atoms with Crippen LogP contribution < -0.4 is 0 Å². The maximum atomic E-state index is 12.1.